The van der Waals surface area contributed by atoms with Gasteiger partial charge >= 0.3 is 0 Å². The van der Waals surface area contributed by atoms with Crippen LogP contribution in [0.2, 0.25) is 0 Å². The molecule has 0 aliphatic carbocycles. The molecule has 3 N–H and O–H groups in total. The van der Waals surface area contributed by atoms with E-state index in [4.69, 9.17) is 5.73 Å². The Bertz CT molecular complexity index is 211. The van der Waals surface area contributed by atoms with Crippen LogP contribution in [0.4, 0.5) is 0 Å². The maximum atomic E-state index is 11.4. The Morgan fingerprint density at radius 1 is 1.43 bits per heavy atom. The maximum absolute atomic E-state index is 11.4. The van der Waals surface area contributed by atoms with Gasteiger partial charge in [-0.15, -0.1) is 0 Å². The Labute approximate surface area is 86.0 Å². The number of rotatable bonds is 5. The summed E-state index contributed by atoms with van der Waals surface area (Å²) in [6, 6.07) is -0.381. The number of carbonyl (C=O) groups is 1. The van der Waals surface area contributed by atoms with Crippen molar-refractivity contribution in [2.24, 2.45) is 16.6 Å². The molecular formula is C10H21N3O. The molecule has 1 unspecified atom stereocenters. The quantitative estimate of drug-likeness (QED) is 0.510. The summed E-state index contributed by atoms with van der Waals surface area (Å²) in [5.74, 6) is 0.922. The number of aliphatic imine (C=N–C) groups is 1. The molecule has 0 bridgehead atoms. The number of hydrogen-bond acceptors (Lipinski definition) is 2. The van der Waals surface area contributed by atoms with Gasteiger partial charge in [-0.3, -0.25) is 9.79 Å². The lowest BCUT2D eigenvalue weighted by Gasteiger charge is -2.10. The monoisotopic (exact) mass is 199 g/mol. The van der Waals surface area contributed by atoms with Crippen LogP contribution in [0.5, 0.6) is 0 Å². The molecule has 0 rings (SSSR count). The number of hydrogen-bond donors (Lipinski definition) is 2. The molecule has 82 valence electrons. The number of carbonyl (C=O) groups excluding carboxylic acids is 1. The standard InChI is InChI=1S/C10H21N3O/c1-5-9(11)13-8(4)10(14)12-6-7(2)3/h7-8H,5-6H2,1-4H3,(H2,11,13)(H,12,14). The molecule has 0 radical (unpaired) electrons. The lowest BCUT2D eigenvalue weighted by atomic mass is 10.2. The molecule has 1 amide bonds. The summed E-state index contributed by atoms with van der Waals surface area (Å²) in [6.45, 7) is 8.45. The van der Waals surface area contributed by atoms with Crippen molar-refractivity contribution in [3.8, 4) is 0 Å². The Morgan fingerprint density at radius 2 is 2.00 bits per heavy atom. The van der Waals surface area contributed by atoms with E-state index in [1.54, 1.807) is 6.92 Å². The average Bonchev–Trinajstić information content (AvgIpc) is 2.13. The smallest absolute Gasteiger partial charge is 0.244 e. The number of nitrogens with zero attached hydrogens (tertiary/aromatic N) is 1. The van der Waals surface area contributed by atoms with Crippen LogP contribution in [0.3, 0.4) is 0 Å². The van der Waals surface area contributed by atoms with Crippen molar-refractivity contribution < 1.29 is 4.79 Å². The van der Waals surface area contributed by atoms with E-state index in [9.17, 15) is 4.79 Å². The predicted octanol–water partition coefficient (Wildman–Crippen LogP) is 0.914. The van der Waals surface area contributed by atoms with Gasteiger partial charge in [0.05, 0.1) is 5.84 Å². The SMILES string of the molecule is CCC(N)=NC(C)C(=O)NCC(C)C. The second-order valence-corrected chi connectivity index (χ2v) is 3.79. The molecule has 4 nitrogen and oxygen atoms in total. The van der Waals surface area contributed by atoms with E-state index in [-0.39, 0.29) is 11.9 Å². The number of amides is 1. The molecular weight excluding hydrogens is 178 g/mol. The fourth-order valence-electron chi connectivity index (χ4n) is 0.851. The molecule has 1 atom stereocenters. The fourth-order valence-corrected chi connectivity index (χ4v) is 0.851. The van der Waals surface area contributed by atoms with Gasteiger partial charge in [0.1, 0.15) is 6.04 Å². The Balaban J connectivity index is 4.00. The molecule has 0 spiro atoms. The molecule has 14 heavy (non-hydrogen) atoms. The zero-order chi connectivity index (χ0) is 11.1. The van der Waals surface area contributed by atoms with Crippen molar-refractivity contribution in [1.29, 1.82) is 0 Å². The van der Waals surface area contributed by atoms with Crippen molar-refractivity contribution >= 4 is 11.7 Å². The summed E-state index contributed by atoms with van der Waals surface area (Å²) in [5.41, 5.74) is 5.54. The van der Waals surface area contributed by atoms with Crippen molar-refractivity contribution in [2.75, 3.05) is 6.54 Å². The number of amidine groups is 1. The van der Waals surface area contributed by atoms with E-state index in [0.29, 0.717) is 24.7 Å². The van der Waals surface area contributed by atoms with Crippen LogP contribution in [-0.2, 0) is 4.79 Å². The van der Waals surface area contributed by atoms with Gasteiger partial charge in [-0.1, -0.05) is 20.8 Å². The van der Waals surface area contributed by atoms with E-state index in [2.05, 4.69) is 24.2 Å². The zero-order valence-electron chi connectivity index (χ0n) is 9.50. The minimum Gasteiger partial charge on any atom is -0.387 e. The van der Waals surface area contributed by atoms with Crippen molar-refractivity contribution in [3.63, 3.8) is 0 Å². The Morgan fingerprint density at radius 3 is 2.43 bits per heavy atom. The van der Waals surface area contributed by atoms with Gasteiger partial charge in [0.15, 0.2) is 0 Å². The van der Waals surface area contributed by atoms with E-state index in [1.165, 1.54) is 0 Å². The van der Waals surface area contributed by atoms with Gasteiger partial charge in [0.25, 0.3) is 0 Å². The lowest BCUT2D eigenvalue weighted by molar-refractivity contribution is -0.122. The minimum absolute atomic E-state index is 0.0601. The summed E-state index contributed by atoms with van der Waals surface area (Å²) in [6.07, 6.45) is 0.682. The summed E-state index contributed by atoms with van der Waals surface area (Å²) < 4.78 is 0. The van der Waals surface area contributed by atoms with E-state index < -0.39 is 0 Å². The van der Waals surface area contributed by atoms with Crippen LogP contribution < -0.4 is 11.1 Å². The normalized spacial score (nSPS) is 14.2. The number of nitrogens with one attached hydrogen (secondary N) is 1. The first-order valence-corrected chi connectivity index (χ1v) is 5.07. The molecule has 0 aromatic rings. The third-order valence-electron chi connectivity index (χ3n) is 1.79. The first kappa shape index (κ1) is 12.9. The molecule has 0 saturated heterocycles. The number of nitrogens with two attached hydrogens (primary N) is 1. The topological polar surface area (TPSA) is 67.5 Å². The molecule has 0 aromatic carbocycles. The molecule has 4 heteroatoms. The van der Waals surface area contributed by atoms with Gasteiger partial charge in [-0.05, 0) is 12.8 Å². The van der Waals surface area contributed by atoms with Crippen LogP contribution in [-0.4, -0.2) is 24.3 Å². The minimum atomic E-state index is -0.381. The first-order valence-electron chi connectivity index (χ1n) is 5.07. The third kappa shape index (κ3) is 5.56. The van der Waals surface area contributed by atoms with E-state index in [0.717, 1.165) is 0 Å². The van der Waals surface area contributed by atoms with Gasteiger partial charge in [0, 0.05) is 13.0 Å². The van der Waals surface area contributed by atoms with E-state index >= 15 is 0 Å². The van der Waals surface area contributed by atoms with Gasteiger partial charge in [-0.2, -0.15) is 0 Å². The van der Waals surface area contributed by atoms with Gasteiger partial charge < -0.3 is 11.1 Å². The van der Waals surface area contributed by atoms with Crippen LogP contribution in [0.25, 0.3) is 0 Å². The summed E-state index contributed by atoms with van der Waals surface area (Å²) in [4.78, 5) is 15.5. The van der Waals surface area contributed by atoms with Crippen LogP contribution in [0, 0.1) is 5.92 Å². The van der Waals surface area contributed by atoms with Crippen molar-refractivity contribution in [3.05, 3.63) is 0 Å². The summed E-state index contributed by atoms with van der Waals surface area (Å²) >= 11 is 0. The average molecular weight is 199 g/mol. The zero-order valence-corrected chi connectivity index (χ0v) is 9.50. The fraction of sp³-hybridized carbons (Fsp3) is 0.800. The maximum Gasteiger partial charge on any atom is 0.244 e. The Kier molecular flexibility index (Phi) is 5.92. The molecule has 0 aromatic heterocycles. The van der Waals surface area contributed by atoms with Crippen molar-refractivity contribution in [2.45, 2.75) is 40.2 Å². The molecule has 0 heterocycles. The summed E-state index contributed by atoms with van der Waals surface area (Å²) in [5, 5.41) is 2.81. The first-order chi connectivity index (χ1) is 6.47. The van der Waals surface area contributed by atoms with E-state index in [1.807, 2.05) is 6.92 Å². The van der Waals surface area contributed by atoms with Gasteiger partial charge in [-0.25, -0.2) is 0 Å². The van der Waals surface area contributed by atoms with Crippen LogP contribution in [0.1, 0.15) is 34.1 Å². The highest BCUT2D eigenvalue weighted by Crippen LogP contribution is 1.93. The van der Waals surface area contributed by atoms with Gasteiger partial charge in [0.2, 0.25) is 5.91 Å². The second kappa shape index (κ2) is 6.40. The summed E-state index contributed by atoms with van der Waals surface area (Å²) in [7, 11) is 0. The largest absolute Gasteiger partial charge is 0.387 e. The Hall–Kier alpha value is -1.06. The highest BCUT2D eigenvalue weighted by Gasteiger charge is 2.11. The highest BCUT2D eigenvalue weighted by molar-refractivity contribution is 5.87. The molecule has 0 saturated carbocycles. The molecule has 0 fully saturated rings. The van der Waals surface area contributed by atoms with Crippen LogP contribution in [0.15, 0.2) is 4.99 Å². The lowest BCUT2D eigenvalue weighted by Crippen LogP contribution is -2.35. The van der Waals surface area contributed by atoms with Crippen molar-refractivity contribution in [1.82, 2.24) is 5.32 Å². The molecule has 0 aliphatic heterocycles. The predicted molar refractivity (Wildman–Crippen MR) is 59.2 cm³/mol. The highest BCUT2D eigenvalue weighted by atomic mass is 16.2. The second-order valence-electron chi connectivity index (χ2n) is 3.79. The third-order valence-corrected chi connectivity index (χ3v) is 1.79. The molecule has 0 aliphatic rings. The van der Waals surface area contributed by atoms with Crippen LogP contribution >= 0.6 is 0 Å².